The first-order valence-corrected chi connectivity index (χ1v) is 6.17. The Hall–Kier alpha value is -0.540. The van der Waals surface area contributed by atoms with Crippen LogP contribution in [0.5, 0.6) is 0 Å². The Bertz CT molecular complexity index is 368. The van der Waals surface area contributed by atoms with Crippen LogP contribution in [0.3, 0.4) is 0 Å². The summed E-state index contributed by atoms with van der Waals surface area (Å²) in [5, 5.41) is 4.18. The maximum absolute atomic E-state index is 11.8. The number of aryl methyl sites for hydroxylation is 1. The standard InChI is InChI=1S/C11H13BrClNO/c1-7-3-4-9(13)5-10(7)11(15)14-8(2)6-12/h3-5,8H,6H2,1-2H3,(H,14,15). The highest BCUT2D eigenvalue weighted by molar-refractivity contribution is 9.09. The number of halogens is 2. The average Bonchev–Trinajstić information content (AvgIpc) is 2.21. The molecule has 0 spiro atoms. The van der Waals surface area contributed by atoms with Crippen LogP contribution in [-0.2, 0) is 0 Å². The molecule has 82 valence electrons. The topological polar surface area (TPSA) is 29.1 Å². The van der Waals surface area contributed by atoms with E-state index in [1.54, 1.807) is 12.1 Å². The van der Waals surface area contributed by atoms with Crippen LogP contribution >= 0.6 is 27.5 Å². The Morgan fingerprint density at radius 1 is 1.60 bits per heavy atom. The monoisotopic (exact) mass is 289 g/mol. The smallest absolute Gasteiger partial charge is 0.251 e. The summed E-state index contributed by atoms with van der Waals surface area (Å²) in [6.07, 6.45) is 0. The SMILES string of the molecule is Cc1ccc(Cl)cc1C(=O)NC(C)CBr. The van der Waals surface area contributed by atoms with Gasteiger partial charge in [-0.1, -0.05) is 33.6 Å². The van der Waals surface area contributed by atoms with Crippen LogP contribution in [0.2, 0.25) is 5.02 Å². The number of carbonyl (C=O) groups excluding carboxylic acids is 1. The van der Waals surface area contributed by atoms with Gasteiger partial charge in [0.2, 0.25) is 0 Å². The molecule has 0 bridgehead atoms. The third-order valence-electron chi connectivity index (χ3n) is 2.05. The lowest BCUT2D eigenvalue weighted by Crippen LogP contribution is -2.33. The minimum Gasteiger partial charge on any atom is -0.349 e. The van der Waals surface area contributed by atoms with Gasteiger partial charge in [0, 0.05) is 22.0 Å². The molecule has 2 nitrogen and oxygen atoms in total. The molecule has 0 radical (unpaired) electrons. The van der Waals surface area contributed by atoms with Crippen LogP contribution < -0.4 is 5.32 Å². The molecule has 0 saturated heterocycles. The maximum Gasteiger partial charge on any atom is 0.251 e. The van der Waals surface area contributed by atoms with Gasteiger partial charge in [0.25, 0.3) is 5.91 Å². The lowest BCUT2D eigenvalue weighted by molar-refractivity contribution is 0.0943. The summed E-state index contributed by atoms with van der Waals surface area (Å²) in [6.45, 7) is 3.83. The second-order valence-corrected chi connectivity index (χ2v) is 4.57. The highest BCUT2D eigenvalue weighted by atomic mass is 79.9. The second kappa shape index (κ2) is 5.52. The van der Waals surface area contributed by atoms with Gasteiger partial charge in [-0.05, 0) is 31.5 Å². The second-order valence-electron chi connectivity index (χ2n) is 3.49. The Balaban J connectivity index is 2.86. The third kappa shape index (κ3) is 3.50. The molecule has 1 atom stereocenters. The molecule has 1 amide bonds. The molecule has 0 aliphatic rings. The summed E-state index contributed by atoms with van der Waals surface area (Å²) in [5.74, 6) is -0.0815. The summed E-state index contributed by atoms with van der Waals surface area (Å²) >= 11 is 9.15. The fraction of sp³-hybridized carbons (Fsp3) is 0.364. The van der Waals surface area contributed by atoms with Gasteiger partial charge in [-0.15, -0.1) is 0 Å². The molecule has 1 unspecified atom stereocenters. The fourth-order valence-corrected chi connectivity index (χ4v) is 1.51. The van der Waals surface area contributed by atoms with Crippen LogP contribution in [0.15, 0.2) is 18.2 Å². The minimum atomic E-state index is -0.0815. The van der Waals surface area contributed by atoms with Gasteiger partial charge in [-0.3, -0.25) is 4.79 Å². The van der Waals surface area contributed by atoms with Crippen LogP contribution in [0.25, 0.3) is 0 Å². The van der Waals surface area contributed by atoms with Crippen LogP contribution in [0.4, 0.5) is 0 Å². The summed E-state index contributed by atoms with van der Waals surface area (Å²) in [7, 11) is 0. The zero-order valence-corrected chi connectivity index (χ0v) is 11.0. The Morgan fingerprint density at radius 3 is 2.87 bits per heavy atom. The molecule has 0 aliphatic carbocycles. The Morgan fingerprint density at radius 2 is 2.27 bits per heavy atom. The molecule has 4 heteroatoms. The van der Waals surface area contributed by atoms with Crippen molar-refractivity contribution in [1.29, 1.82) is 0 Å². The number of alkyl halides is 1. The quantitative estimate of drug-likeness (QED) is 0.851. The van der Waals surface area contributed by atoms with E-state index in [1.165, 1.54) is 0 Å². The van der Waals surface area contributed by atoms with Gasteiger partial charge < -0.3 is 5.32 Å². The molecule has 0 saturated carbocycles. The van der Waals surface area contributed by atoms with E-state index in [1.807, 2.05) is 19.9 Å². The van der Waals surface area contributed by atoms with Crippen molar-refractivity contribution < 1.29 is 4.79 Å². The van der Waals surface area contributed by atoms with Crippen molar-refractivity contribution in [2.24, 2.45) is 0 Å². The first-order valence-electron chi connectivity index (χ1n) is 4.67. The van der Waals surface area contributed by atoms with E-state index in [4.69, 9.17) is 11.6 Å². The van der Waals surface area contributed by atoms with E-state index in [9.17, 15) is 4.79 Å². The predicted octanol–water partition coefficient (Wildman–Crippen LogP) is 3.16. The van der Waals surface area contributed by atoms with Gasteiger partial charge in [-0.2, -0.15) is 0 Å². The number of carbonyl (C=O) groups is 1. The Kier molecular flexibility index (Phi) is 4.61. The summed E-state index contributed by atoms with van der Waals surface area (Å²) in [4.78, 5) is 11.8. The summed E-state index contributed by atoms with van der Waals surface area (Å²) < 4.78 is 0. The molecular formula is C11H13BrClNO. The lowest BCUT2D eigenvalue weighted by atomic mass is 10.1. The van der Waals surface area contributed by atoms with E-state index < -0.39 is 0 Å². The van der Waals surface area contributed by atoms with Crippen molar-refractivity contribution in [3.63, 3.8) is 0 Å². The predicted molar refractivity (Wildman–Crippen MR) is 66.9 cm³/mol. The van der Waals surface area contributed by atoms with Crippen molar-refractivity contribution in [2.75, 3.05) is 5.33 Å². The minimum absolute atomic E-state index is 0.0815. The van der Waals surface area contributed by atoms with Crippen molar-refractivity contribution in [3.05, 3.63) is 34.3 Å². The first kappa shape index (κ1) is 12.5. The van der Waals surface area contributed by atoms with Crippen molar-refractivity contribution in [1.82, 2.24) is 5.32 Å². The van der Waals surface area contributed by atoms with Gasteiger partial charge >= 0.3 is 0 Å². The molecular weight excluding hydrogens is 277 g/mol. The number of amides is 1. The maximum atomic E-state index is 11.8. The summed E-state index contributed by atoms with van der Waals surface area (Å²) in [6, 6.07) is 5.42. The molecule has 1 aromatic rings. The largest absolute Gasteiger partial charge is 0.349 e. The highest BCUT2D eigenvalue weighted by Gasteiger charge is 2.11. The lowest BCUT2D eigenvalue weighted by Gasteiger charge is -2.12. The van der Waals surface area contributed by atoms with Crippen molar-refractivity contribution in [3.8, 4) is 0 Å². The third-order valence-corrected chi connectivity index (χ3v) is 3.26. The van der Waals surface area contributed by atoms with Gasteiger partial charge in [0.15, 0.2) is 0 Å². The Labute approximate surface area is 103 Å². The number of nitrogens with one attached hydrogen (secondary N) is 1. The van der Waals surface area contributed by atoms with Crippen molar-refractivity contribution >= 4 is 33.4 Å². The van der Waals surface area contributed by atoms with E-state index in [0.29, 0.717) is 10.6 Å². The first-order chi connectivity index (χ1) is 7.04. The molecule has 0 heterocycles. The van der Waals surface area contributed by atoms with Crippen LogP contribution in [0.1, 0.15) is 22.8 Å². The van der Waals surface area contributed by atoms with E-state index in [2.05, 4.69) is 21.2 Å². The molecule has 0 fully saturated rings. The van der Waals surface area contributed by atoms with E-state index in [0.717, 1.165) is 10.9 Å². The normalized spacial score (nSPS) is 12.3. The fourth-order valence-electron chi connectivity index (χ4n) is 1.18. The number of benzene rings is 1. The van der Waals surface area contributed by atoms with Gasteiger partial charge in [-0.25, -0.2) is 0 Å². The highest BCUT2D eigenvalue weighted by Crippen LogP contribution is 2.15. The molecule has 1 rings (SSSR count). The van der Waals surface area contributed by atoms with Crippen LogP contribution in [0, 0.1) is 6.92 Å². The van der Waals surface area contributed by atoms with E-state index in [-0.39, 0.29) is 11.9 Å². The molecule has 0 aliphatic heterocycles. The molecule has 15 heavy (non-hydrogen) atoms. The zero-order chi connectivity index (χ0) is 11.4. The average molecular weight is 291 g/mol. The van der Waals surface area contributed by atoms with Gasteiger partial charge in [0.05, 0.1) is 0 Å². The number of hydrogen-bond acceptors (Lipinski definition) is 1. The number of hydrogen-bond donors (Lipinski definition) is 1. The van der Waals surface area contributed by atoms with Gasteiger partial charge in [0.1, 0.15) is 0 Å². The molecule has 1 aromatic carbocycles. The van der Waals surface area contributed by atoms with Crippen molar-refractivity contribution in [2.45, 2.75) is 19.9 Å². The number of rotatable bonds is 3. The van der Waals surface area contributed by atoms with E-state index >= 15 is 0 Å². The molecule has 1 N–H and O–H groups in total. The summed E-state index contributed by atoms with van der Waals surface area (Å²) in [5.41, 5.74) is 1.56. The molecule has 0 aromatic heterocycles. The van der Waals surface area contributed by atoms with Crippen LogP contribution in [-0.4, -0.2) is 17.3 Å². The zero-order valence-electron chi connectivity index (χ0n) is 8.68.